The molecule has 7 heteroatoms. The highest BCUT2D eigenvalue weighted by molar-refractivity contribution is 5.82. The molecule has 2 fully saturated rings. The number of nitrogens with zero attached hydrogens (tertiary/aromatic N) is 3. The van der Waals surface area contributed by atoms with Crippen molar-refractivity contribution in [2.24, 2.45) is 0 Å². The Labute approximate surface area is 137 Å². The zero-order chi connectivity index (χ0) is 16.1. The van der Waals surface area contributed by atoms with E-state index < -0.39 is 0 Å². The van der Waals surface area contributed by atoms with Crippen molar-refractivity contribution < 1.29 is 9.90 Å². The Hall–Kier alpha value is -1.44. The number of likely N-dealkylation sites (tertiary alicyclic amines) is 1. The number of aliphatic hydroxyl groups excluding tert-OH is 1. The molecule has 0 radical (unpaired) electrons. The molecule has 3 N–H and O–H groups in total. The average Bonchev–Trinajstić information content (AvgIpc) is 3.26. The van der Waals surface area contributed by atoms with Gasteiger partial charge in [0, 0.05) is 25.0 Å². The highest BCUT2D eigenvalue weighted by Crippen LogP contribution is 2.26. The SMILES string of the molecule is O=C([C@@H]1CCCN1C1CCNCC1)N(CCO)Cc1ncc[nH]1. The Morgan fingerprint density at radius 1 is 1.39 bits per heavy atom. The predicted molar refractivity (Wildman–Crippen MR) is 86.7 cm³/mol. The third-order valence-corrected chi connectivity index (χ3v) is 4.93. The second-order valence-electron chi connectivity index (χ2n) is 6.40. The summed E-state index contributed by atoms with van der Waals surface area (Å²) >= 11 is 0. The molecule has 0 saturated carbocycles. The minimum atomic E-state index is -0.0420. The van der Waals surface area contributed by atoms with E-state index in [1.807, 2.05) is 0 Å². The Bertz CT molecular complexity index is 487. The van der Waals surface area contributed by atoms with Crippen molar-refractivity contribution in [2.45, 2.75) is 44.3 Å². The lowest BCUT2D eigenvalue weighted by molar-refractivity contribution is -0.138. The van der Waals surface area contributed by atoms with E-state index in [-0.39, 0.29) is 18.6 Å². The lowest BCUT2D eigenvalue weighted by Crippen LogP contribution is -2.52. The third-order valence-electron chi connectivity index (χ3n) is 4.93. The summed E-state index contributed by atoms with van der Waals surface area (Å²) in [4.78, 5) is 24.4. The van der Waals surface area contributed by atoms with E-state index in [0.29, 0.717) is 19.1 Å². The van der Waals surface area contributed by atoms with Crippen LogP contribution in [-0.4, -0.2) is 75.7 Å². The van der Waals surface area contributed by atoms with Crippen molar-refractivity contribution in [2.75, 3.05) is 32.8 Å². The quantitative estimate of drug-likeness (QED) is 0.684. The van der Waals surface area contributed by atoms with Gasteiger partial charge in [0.2, 0.25) is 5.91 Å². The van der Waals surface area contributed by atoms with Crippen LogP contribution >= 0.6 is 0 Å². The summed E-state index contributed by atoms with van der Waals surface area (Å²) in [7, 11) is 0. The monoisotopic (exact) mass is 321 g/mol. The molecule has 0 unspecified atom stereocenters. The summed E-state index contributed by atoms with van der Waals surface area (Å²) in [6, 6.07) is 0.465. The van der Waals surface area contributed by atoms with Gasteiger partial charge in [0.15, 0.2) is 0 Å². The molecule has 23 heavy (non-hydrogen) atoms. The molecule has 0 spiro atoms. The molecule has 0 aliphatic carbocycles. The fourth-order valence-electron chi connectivity index (χ4n) is 3.79. The number of amides is 1. The van der Waals surface area contributed by atoms with Gasteiger partial charge in [-0.25, -0.2) is 4.98 Å². The molecule has 3 heterocycles. The summed E-state index contributed by atoms with van der Waals surface area (Å²) in [5, 5.41) is 12.7. The van der Waals surface area contributed by atoms with Gasteiger partial charge in [-0.1, -0.05) is 0 Å². The topological polar surface area (TPSA) is 84.5 Å². The molecule has 1 amide bonds. The van der Waals surface area contributed by atoms with Crippen LogP contribution in [0.4, 0.5) is 0 Å². The van der Waals surface area contributed by atoms with Gasteiger partial charge in [-0.05, 0) is 45.3 Å². The number of aromatic nitrogens is 2. The first-order chi connectivity index (χ1) is 11.3. The van der Waals surface area contributed by atoms with Gasteiger partial charge < -0.3 is 20.3 Å². The lowest BCUT2D eigenvalue weighted by atomic mass is 10.0. The zero-order valence-electron chi connectivity index (χ0n) is 13.6. The standard InChI is InChI=1S/C16H27N5O2/c22-11-10-20(12-15-18-7-8-19-15)16(23)14-2-1-9-21(14)13-3-5-17-6-4-13/h7-8,13-14,17,22H,1-6,9-12H2,(H,18,19)/t14-/m0/s1. The number of rotatable bonds is 6. The summed E-state index contributed by atoms with van der Waals surface area (Å²) in [6.45, 7) is 3.85. The molecule has 2 aliphatic rings. The first-order valence-electron chi connectivity index (χ1n) is 8.64. The average molecular weight is 321 g/mol. The summed E-state index contributed by atoms with van der Waals surface area (Å²) in [5.74, 6) is 0.893. The predicted octanol–water partition coefficient (Wildman–Crippen LogP) is -0.0530. The van der Waals surface area contributed by atoms with Crippen molar-refractivity contribution in [1.29, 1.82) is 0 Å². The fourth-order valence-corrected chi connectivity index (χ4v) is 3.79. The summed E-state index contributed by atoms with van der Waals surface area (Å²) in [5.41, 5.74) is 0. The minimum absolute atomic E-state index is 0.0213. The van der Waals surface area contributed by atoms with Gasteiger partial charge in [-0.3, -0.25) is 9.69 Å². The molecule has 1 atom stereocenters. The van der Waals surface area contributed by atoms with Crippen LogP contribution in [0.2, 0.25) is 0 Å². The van der Waals surface area contributed by atoms with Gasteiger partial charge in [-0.15, -0.1) is 0 Å². The Balaban J connectivity index is 1.67. The van der Waals surface area contributed by atoms with Crippen LogP contribution in [0.1, 0.15) is 31.5 Å². The van der Waals surface area contributed by atoms with Crippen LogP contribution in [0, 0.1) is 0 Å². The van der Waals surface area contributed by atoms with Crippen LogP contribution in [0.3, 0.4) is 0 Å². The highest BCUT2D eigenvalue weighted by Gasteiger charge is 2.37. The second-order valence-corrected chi connectivity index (χ2v) is 6.40. The maximum Gasteiger partial charge on any atom is 0.240 e. The number of carbonyl (C=O) groups is 1. The van der Waals surface area contributed by atoms with Gasteiger partial charge in [0.1, 0.15) is 5.82 Å². The largest absolute Gasteiger partial charge is 0.395 e. The molecule has 3 rings (SSSR count). The Morgan fingerprint density at radius 2 is 2.22 bits per heavy atom. The van der Waals surface area contributed by atoms with Crippen molar-refractivity contribution in [3.8, 4) is 0 Å². The number of H-pyrrole nitrogens is 1. The van der Waals surface area contributed by atoms with Crippen LogP contribution < -0.4 is 5.32 Å². The molecule has 7 nitrogen and oxygen atoms in total. The zero-order valence-corrected chi connectivity index (χ0v) is 13.6. The molecule has 1 aromatic rings. The molecule has 128 valence electrons. The molecule has 0 aromatic carbocycles. The van der Waals surface area contributed by atoms with E-state index in [1.54, 1.807) is 17.3 Å². The summed E-state index contributed by atoms with van der Waals surface area (Å²) < 4.78 is 0. The molecule has 2 saturated heterocycles. The van der Waals surface area contributed by atoms with E-state index in [9.17, 15) is 9.90 Å². The van der Waals surface area contributed by atoms with Crippen molar-refractivity contribution in [3.05, 3.63) is 18.2 Å². The number of nitrogens with one attached hydrogen (secondary N) is 2. The van der Waals surface area contributed by atoms with E-state index in [0.717, 1.165) is 51.1 Å². The third kappa shape index (κ3) is 3.91. The smallest absolute Gasteiger partial charge is 0.240 e. The van der Waals surface area contributed by atoms with E-state index >= 15 is 0 Å². The van der Waals surface area contributed by atoms with Gasteiger partial charge >= 0.3 is 0 Å². The van der Waals surface area contributed by atoms with Crippen LogP contribution in [-0.2, 0) is 11.3 Å². The van der Waals surface area contributed by atoms with E-state index in [2.05, 4.69) is 20.2 Å². The highest BCUT2D eigenvalue weighted by atomic mass is 16.3. The molecular formula is C16H27N5O2. The Morgan fingerprint density at radius 3 is 2.91 bits per heavy atom. The number of aromatic amines is 1. The van der Waals surface area contributed by atoms with Crippen LogP contribution in [0.15, 0.2) is 12.4 Å². The first-order valence-corrected chi connectivity index (χ1v) is 8.64. The van der Waals surface area contributed by atoms with Crippen molar-refractivity contribution in [1.82, 2.24) is 25.1 Å². The van der Waals surface area contributed by atoms with E-state index in [1.165, 1.54) is 0 Å². The number of hydrogen-bond acceptors (Lipinski definition) is 5. The van der Waals surface area contributed by atoms with Crippen molar-refractivity contribution in [3.63, 3.8) is 0 Å². The maximum atomic E-state index is 13.0. The summed E-state index contributed by atoms with van der Waals surface area (Å²) in [6.07, 6.45) is 7.67. The van der Waals surface area contributed by atoms with Gasteiger partial charge in [0.25, 0.3) is 0 Å². The number of aliphatic hydroxyl groups is 1. The van der Waals surface area contributed by atoms with Crippen molar-refractivity contribution >= 4 is 5.91 Å². The fraction of sp³-hybridized carbons (Fsp3) is 0.750. The second kappa shape index (κ2) is 7.90. The molecule has 0 bridgehead atoms. The maximum absolute atomic E-state index is 13.0. The van der Waals surface area contributed by atoms with Crippen LogP contribution in [0.5, 0.6) is 0 Å². The number of hydrogen-bond donors (Lipinski definition) is 3. The Kier molecular flexibility index (Phi) is 5.64. The van der Waals surface area contributed by atoms with E-state index in [4.69, 9.17) is 0 Å². The first kappa shape index (κ1) is 16.4. The molecular weight excluding hydrogens is 294 g/mol. The van der Waals surface area contributed by atoms with Gasteiger partial charge in [0.05, 0.1) is 19.2 Å². The van der Waals surface area contributed by atoms with Gasteiger partial charge in [-0.2, -0.15) is 0 Å². The normalized spacial score (nSPS) is 23.3. The molecule has 2 aliphatic heterocycles. The minimum Gasteiger partial charge on any atom is -0.395 e. The number of carbonyl (C=O) groups excluding carboxylic acids is 1. The lowest BCUT2D eigenvalue weighted by Gasteiger charge is -2.37. The number of piperidine rings is 1. The van der Waals surface area contributed by atoms with Crippen LogP contribution in [0.25, 0.3) is 0 Å². The number of imidazole rings is 1. The molecule has 1 aromatic heterocycles.